The van der Waals surface area contributed by atoms with Gasteiger partial charge in [-0.1, -0.05) is 26.2 Å². The average Bonchev–Trinajstić information content (AvgIpc) is 3.23. The molecule has 0 aromatic carbocycles. The Balaban J connectivity index is 1.52. The first-order valence-electron chi connectivity index (χ1n) is 7.27. The fourth-order valence-corrected chi connectivity index (χ4v) is 1.96. The SMILES string of the molecule is CCCCCC(COCC1CO1)COCC1CO1. The van der Waals surface area contributed by atoms with Crippen LogP contribution in [0.3, 0.4) is 0 Å². The second kappa shape index (κ2) is 8.10. The summed E-state index contributed by atoms with van der Waals surface area (Å²) in [4.78, 5) is 0. The number of hydrogen-bond acceptors (Lipinski definition) is 4. The fraction of sp³-hybridized carbons (Fsp3) is 1.00. The van der Waals surface area contributed by atoms with Crippen molar-refractivity contribution >= 4 is 0 Å². The minimum absolute atomic E-state index is 0.363. The Kier molecular flexibility index (Phi) is 6.41. The summed E-state index contributed by atoms with van der Waals surface area (Å²) in [5, 5.41) is 0. The first-order chi connectivity index (χ1) is 8.88. The highest BCUT2D eigenvalue weighted by Crippen LogP contribution is 2.15. The van der Waals surface area contributed by atoms with Gasteiger partial charge in [0.1, 0.15) is 12.2 Å². The highest BCUT2D eigenvalue weighted by atomic mass is 16.6. The van der Waals surface area contributed by atoms with Crippen LogP contribution in [0.2, 0.25) is 0 Å². The van der Waals surface area contributed by atoms with Crippen molar-refractivity contribution in [2.24, 2.45) is 5.92 Å². The molecule has 4 nitrogen and oxygen atoms in total. The van der Waals surface area contributed by atoms with E-state index in [0.29, 0.717) is 18.1 Å². The molecule has 0 N–H and O–H groups in total. The van der Waals surface area contributed by atoms with Crippen molar-refractivity contribution in [1.82, 2.24) is 0 Å². The van der Waals surface area contributed by atoms with Gasteiger partial charge in [0.25, 0.3) is 0 Å². The van der Waals surface area contributed by atoms with Gasteiger partial charge in [-0.15, -0.1) is 0 Å². The zero-order chi connectivity index (χ0) is 12.6. The van der Waals surface area contributed by atoms with Crippen molar-refractivity contribution in [1.29, 1.82) is 0 Å². The molecule has 2 heterocycles. The molecule has 2 fully saturated rings. The highest BCUT2D eigenvalue weighted by Gasteiger charge is 2.24. The molecule has 0 aromatic rings. The van der Waals surface area contributed by atoms with E-state index in [2.05, 4.69) is 6.92 Å². The van der Waals surface area contributed by atoms with Gasteiger partial charge in [-0.05, 0) is 6.42 Å². The third-order valence-corrected chi connectivity index (χ3v) is 3.34. The van der Waals surface area contributed by atoms with Crippen molar-refractivity contribution in [2.75, 3.05) is 39.6 Å². The zero-order valence-electron chi connectivity index (χ0n) is 11.4. The summed E-state index contributed by atoms with van der Waals surface area (Å²) in [6.07, 6.45) is 5.76. The van der Waals surface area contributed by atoms with Gasteiger partial charge >= 0.3 is 0 Å². The van der Waals surface area contributed by atoms with Crippen LogP contribution in [0.15, 0.2) is 0 Å². The molecule has 2 atom stereocenters. The van der Waals surface area contributed by atoms with E-state index in [1.165, 1.54) is 25.7 Å². The van der Waals surface area contributed by atoms with Gasteiger partial charge in [-0.2, -0.15) is 0 Å². The molecule has 0 aromatic heterocycles. The number of ether oxygens (including phenoxy) is 4. The third kappa shape index (κ3) is 6.69. The lowest BCUT2D eigenvalue weighted by Crippen LogP contribution is -2.19. The van der Waals surface area contributed by atoms with Crippen LogP contribution in [-0.2, 0) is 18.9 Å². The Hall–Kier alpha value is -0.160. The van der Waals surface area contributed by atoms with Crippen LogP contribution in [0.25, 0.3) is 0 Å². The van der Waals surface area contributed by atoms with Crippen molar-refractivity contribution in [3.63, 3.8) is 0 Å². The molecule has 0 aliphatic carbocycles. The number of rotatable bonds is 12. The predicted octanol–water partition coefficient (Wildman–Crippen LogP) is 2.01. The molecule has 4 heteroatoms. The van der Waals surface area contributed by atoms with Gasteiger partial charge < -0.3 is 18.9 Å². The molecule has 0 bridgehead atoms. The van der Waals surface area contributed by atoms with Crippen molar-refractivity contribution in [3.05, 3.63) is 0 Å². The van der Waals surface area contributed by atoms with Crippen molar-refractivity contribution < 1.29 is 18.9 Å². The zero-order valence-corrected chi connectivity index (χ0v) is 11.4. The van der Waals surface area contributed by atoms with Crippen molar-refractivity contribution in [2.45, 2.75) is 44.8 Å². The maximum absolute atomic E-state index is 5.69. The van der Waals surface area contributed by atoms with E-state index in [0.717, 1.165) is 39.6 Å². The normalized spacial score (nSPS) is 27.2. The minimum Gasteiger partial charge on any atom is -0.378 e. The summed E-state index contributed by atoms with van der Waals surface area (Å²) in [5.74, 6) is 0.522. The topological polar surface area (TPSA) is 43.5 Å². The average molecular weight is 258 g/mol. The van der Waals surface area contributed by atoms with Crippen LogP contribution in [0.5, 0.6) is 0 Å². The summed E-state index contributed by atoms with van der Waals surface area (Å²) in [5.41, 5.74) is 0. The molecular formula is C14H26O4. The molecule has 0 saturated carbocycles. The molecule has 2 aliphatic rings. The van der Waals surface area contributed by atoms with E-state index in [1.54, 1.807) is 0 Å². The number of unbranched alkanes of at least 4 members (excludes halogenated alkanes) is 2. The summed E-state index contributed by atoms with van der Waals surface area (Å²) < 4.78 is 21.6. The summed E-state index contributed by atoms with van der Waals surface area (Å²) in [7, 11) is 0. The van der Waals surface area contributed by atoms with Gasteiger partial charge in [0, 0.05) is 5.92 Å². The van der Waals surface area contributed by atoms with Crippen LogP contribution in [-0.4, -0.2) is 51.8 Å². The first kappa shape index (κ1) is 14.3. The van der Waals surface area contributed by atoms with Gasteiger partial charge in [-0.25, -0.2) is 0 Å². The molecule has 2 aliphatic heterocycles. The minimum atomic E-state index is 0.363. The Morgan fingerprint density at radius 1 is 1.00 bits per heavy atom. The molecule has 0 amide bonds. The van der Waals surface area contributed by atoms with Crippen LogP contribution < -0.4 is 0 Å². The van der Waals surface area contributed by atoms with Crippen molar-refractivity contribution in [3.8, 4) is 0 Å². The lowest BCUT2D eigenvalue weighted by atomic mass is 10.0. The van der Waals surface area contributed by atoms with E-state index in [4.69, 9.17) is 18.9 Å². The summed E-state index contributed by atoms with van der Waals surface area (Å²) in [6, 6.07) is 0. The predicted molar refractivity (Wildman–Crippen MR) is 68.8 cm³/mol. The maximum Gasteiger partial charge on any atom is 0.104 e. The van der Waals surface area contributed by atoms with Crippen LogP contribution >= 0.6 is 0 Å². The van der Waals surface area contributed by atoms with Gasteiger partial charge in [0.15, 0.2) is 0 Å². The molecule has 106 valence electrons. The Morgan fingerprint density at radius 2 is 1.56 bits per heavy atom. The molecule has 2 rings (SSSR count). The Bertz CT molecular complexity index is 196. The second-order valence-electron chi connectivity index (χ2n) is 5.35. The molecule has 0 radical (unpaired) electrons. The third-order valence-electron chi connectivity index (χ3n) is 3.34. The van der Waals surface area contributed by atoms with Gasteiger partial charge in [0.05, 0.1) is 39.6 Å². The number of epoxide rings is 2. The molecule has 18 heavy (non-hydrogen) atoms. The maximum atomic E-state index is 5.69. The summed E-state index contributed by atoms with van der Waals surface area (Å²) in [6.45, 7) is 7.07. The molecular weight excluding hydrogens is 232 g/mol. The van der Waals surface area contributed by atoms with E-state index >= 15 is 0 Å². The molecule has 2 unspecified atom stereocenters. The smallest absolute Gasteiger partial charge is 0.104 e. The first-order valence-corrected chi connectivity index (χ1v) is 7.27. The standard InChI is InChI=1S/C14H26O4/c1-2-3-4-5-12(6-15-8-13-10-17-13)7-16-9-14-11-18-14/h12-14H,2-11H2,1H3. The lowest BCUT2D eigenvalue weighted by molar-refractivity contribution is 0.0260. The van der Waals surface area contributed by atoms with Crippen LogP contribution in [0, 0.1) is 5.92 Å². The monoisotopic (exact) mass is 258 g/mol. The number of hydrogen-bond donors (Lipinski definition) is 0. The Morgan fingerprint density at radius 3 is 2.00 bits per heavy atom. The van der Waals surface area contributed by atoms with E-state index < -0.39 is 0 Å². The lowest BCUT2D eigenvalue weighted by Gasteiger charge is -2.16. The molecule has 2 saturated heterocycles. The van der Waals surface area contributed by atoms with E-state index in [1.807, 2.05) is 0 Å². The highest BCUT2D eigenvalue weighted by molar-refractivity contribution is 4.69. The van der Waals surface area contributed by atoms with Crippen LogP contribution in [0.1, 0.15) is 32.6 Å². The molecule has 0 spiro atoms. The second-order valence-corrected chi connectivity index (χ2v) is 5.35. The summed E-state index contributed by atoms with van der Waals surface area (Å²) >= 11 is 0. The van der Waals surface area contributed by atoms with Crippen LogP contribution in [0.4, 0.5) is 0 Å². The largest absolute Gasteiger partial charge is 0.378 e. The fourth-order valence-electron chi connectivity index (χ4n) is 1.96. The quantitative estimate of drug-likeness (QED) is 0.397. The Labute approximate surface area is 110 Å². The van der Waals surface area contributed by atoms with E-state index in [9.17, 15) is 0 Å². The van der Waals surface area contributed by atoms with Gasteiger partial charge in [0.2, 0.25) is 0 Å². The van der Waals surface area contributed by atoms with Gasteiger partial charge in [-0.3, -0.25) is 0 Å². The van der Waals surface area contributed by atoms with E-state index in [-0.39, 0.29) is 0 Å².